The fourth-order valence-electron chi connectivity index (χ4n) is 3.34. The summed E-state index contributed by atoms with van der Waals surface area (Å²) in [5.74, 6) is -2.11. The summed E-state index contributed by atoms with van der Waals surface area (Å²) in [7, 11) is 0. The Morgan fingerprint density at radius 2 is 2.07 bits per heavy atom. The molecule has 1 N–H and O–H groups in total. The summed E-state index contributed by atoms with van der Waals surface area (Å²) < 4.78 is 34.9. The van der Waals surface area contributed by atoms with Gasteiger partial charge < -0.3 is 14.7 Å². The zero-order chi connectivity index (χ0) is 20.1. The molecule has 0 aliphatic carbocycles. The van der Waals surface area contributed by atoms with Gasteiger partial charge in [-0.2, -0.15) is 0 Å². The van der Waals surface area contributed by atoms with E-state index in [4.69, 9.17) is 9.84 Å². The van der Waals surface area contributed by atoms with E-state index in [-0.39, 0.29) is 23.6 Å². The molecule has 1 fully saturated rings. The highest BCUT2D eigenvalue weighted by Crippen LogP contribution is 2.33. The van der Waals surface area contributed by atoms with E-state index >= 15 is 0 Å². The van der Waals surface area contributed by atoms with Gasteiger partial charge in [-0.05, 0) is 30.9 Å². The number of rotatable bonds is 8. The van der Waals surface area contributed by atoms with Crippen molar-refractivity contribution >= 4 is 11.7 Å². The first-order valence-electron chi connectivity index (χ1n) is 9.39. The Hall–Kier alpha value is -2.77. The average Bonchev–Trinajstić information content (AvgIpc) is 3.09. The van der Waals surface area contributed by atoms with Crippen LogP contribution in [0, 0.1) is 17.6 Å². The van der Waals surface area contributed by atoms with Gasteiger partial charge in [0.1, 0.15) is 17.3 Å². The molecule has 0 saturated carbocycles. The molecule has 28 heavy (non-hydrogen) atoms. The number of hydrogen-bond donors (Lipinski definition) is 1. The highest BCUT2D eigenvalue weighted by molar-refractivity contribution is 5.68. The summed E-state index contributed by atoms with van der Waals surface area (Å²) in [6.45, 7) is 3.29. The largest absolute Gasteiger partial charge is 0.481 e. The lowest BCUT2D eigenvalue weighted by atomic mass is 10.1. The van der Waals surface area contributed by atoms with Crippen molar-refractivity contribution in [2.24, 2.45) is 5.92 Å². The molecular weight excluding hydrogens is 368 g/mol. The van der Waals surface area contributed by atoms with Crippen molar-refractivity contribution in [3.63, 3.8) is 0 Å². The maximum absolute atomic E-state index is 14.7. The van der Waals surface area contributed by atoms with Crippen LogP contribution in [-0.4, -0.2) is 40.7 Å². The summed E-state index contributed by atoms with van der Waals surface area (Å²) in [6.07, 6.45) is 5.34. The molecule has 1 atom stereocenters. The monoisotopic (exact) mass is 391 g/mol. The number of anilines is 1. The zero-order valence-electron chi connectivity index (χ0n) is 15.7. The summed E-state index contributed by atoms with van der Waals surface area (Å²) in [5.41, 5.74) is 0.469. The molecule has 2 aromatic rings. The second-order valence-corrected chi connectivity index (χ2v) is 6.93. The van der Waals surface area contributed by atoms with Crippen LogP contribution in [0.3, 0.4) is 0 Å². The second kappa shape index (κ2) is 8.95. The molecule has 1 aliphatic heterocycles. The molecule has 3 rings (SSSR count). The molecule has 0 radical (unpaired) electrons. The molecule has 1 aromatic heterocycles. The Morgan fingerprint density at radius 1 is 1.32 bits per heavy atom. The van der Waals surface area contributed by atoms with Crippen LogP contribution in [-0.2, 0) is 4.79 Å². The van der Waals surface area contributed by atoms with Crippen molar-refractivity contribution in [2.45, 2.75) is 32.6 Å². The predicted octanol–water partition coefficient (Wildman–Crippen LogP) is 3.90. The fourth-order valence-corrected chi connectivity index (χ4v) is 3.34. The van der Waals surface area contributed by atoms with E-state index in [1.54, 1.807) is 4.90 Å². The van der Waals surface area contributed by atoms with E-state index in [1.807, 2.05) is 6.92 Å². The van der Waals surface area contributed by atoms with Gasteiger partial charge in [-0.25, -0.2) is 13.8 Å². The van der Waals surface area contributed by atoms with Crippen molar-refractivity contribution in [1.29, 1.82) is 0 Å². The van der Waals surface area contributed by atoms with Crippen LogP contribution in [0.15, 0.2) is 24.5 Å². The highest BCUT2D eigenvalue weighted by atomic mass is 19.1. The highest BCUT2D eigenvalue weighted by Gasteiger charge is 2.28. The number of carboxylic acid groups (broad SMARTS) is 1. The molecule has 1 aliphatic rings. The third-order valence-electron chi connectivity index (χ3n) is 4.74. The molecule has 1 aromatic carbocycles. The maximum atomic E-state index is 14.7. The van der Waals surface area contributed by atoms with Crippen LogP contribution in [0.2, 0.25) is 0 Å². The number of carboxylic acids is 1. The van der Waals surface area contributed by atoms with E-state index in [0.29, 0.717) is 37.7 Å². The molecule has 2 heterocycles. The number of halogens is 2. The molecule has 150 valence electrons. The number of ether oxygens (including phenoxy) is 1. The Kier molecular flexibility index (Phi) is 6.38. The minimum atomic E-state index is -0.900. The van der Waals surface area contributed by atoms with Crippen molar-refractivity contribution in [3.05, 3.63) is 36.2 Å². The van der Waals surface area contributed by atoms with Gasteiger partial charge in [-0.3, -0.25) is 9.78 Å². The number of carbonyl (C=O) groups is 1. The minimum absolute atomic E-state index is 0.00175. The van der Waals surface area contributed by atoms with Gasteiger partial charge in [0.05, 0.1) is 24.7 Å². The van der Waals surface area contributed by atoms with E-state index in [9.17, 15) is 13.6 Å². The molecule has 0 amide bonds. The van der Waals surface area contributed by atoms with Gasteiger partial charge in [0.25, 0.3) is 0 Å². The standard InChI is InChI=1S/C20H23F2N3O3/c1-2-3-6-28-18-11-23-10-17(24-18)14-8-15(21)20(16(22)9-14)25-5-4-13(12-25)7-19(26)27/h8-11,13H,2-7,12H2,1H3,(H,26,27). The van der Waals surface area contributed by atoms with Gasteiger partial charge in [-0.1, -0.05) is 13.3 Å². The van der Waals surface area contributed by atoms with E-state index in [1.165, 1.54) is 24.5 Å². The summed E-state index contributed by atoms with van der Waals surface area (Å²) in [4.78, 5) is 20.7. The maximum Gasteiger partial charge on any atom is 0.303 e. The Balaban J connectivity index is 1.79. The van der Waals surface area contributed by atoms with Gasteiger partial charge >= 0.3 is 5.97 Å². The lowest BCUT2D eigenvalue weighted by Gasteiger charge is -2.20. The average molecular weight is 391 g/mol. The smallest absolute Gasteiger partial charge is 0.303 e. The summed E-state index contributed by atoms with van der Waals surface area (Å²) in [6, 6.07) is 2.45. The topological polar surface area (TPSA) is 75.5 Å². The number of unbranched alkanes of at least 4 members (excludes halogenated alkanes) is 1. The van der Waals surface area contributed by atoms with Gasteiger partial charge in [0.15, 0.2) is 0 Å². The number of hydrogen-bond acceptors (Lipinski definition) is 5. The van der Waals surface area contributed by atoms with Crippen LogP contribution in [0.1, 0.15) is 32.6 Å². The molecule has 8 heteroatoms. The van der Waals surface area contributed by atoms with E-state index in [0.717, 1.165) is 12.8 Å². The Labute approximate surface area is 162 Å². The minimum Gasteiger partial charge on any atom is -0.481 e. The number of nitrogens with zero attached hydrogens (tertiary/aromatic N) is 3. The van der Waals surface area contributed by atoms with Gasteiger partial charge in [0, 0.05) is 25.1 Å². The third kappa shape index (κ3) is 4.74. The predicted molar refractivity (Wildman–Crippen MR) is 100 cm³/mol. The van der Waals surface area contributed by atoms with Crippen LogP contribution in [0.5, 0.6) is 5.88 Å². The first-order chi connectivity index (χ1) is 13.5. The van der Waals surface area contributed by atoms with Gasteiger partial charge in [0.2, 0.25) is 5.88 Å². The lowest BCUT2D eigenvalue weighted by Crippen LogP contribution is -2.23. The summed E-state index contributed by atoms with van der Waals surface area (Å²) >= 11 is 0. The van der Waals surface area contributed by atoms with Crippen molar-refractivity contribution in [2.75, 3.05) is 24.6 Å². The first kappa shape index (κ1) is 20.0. The van der Waals surface area contributed by atoms with Crippen LogP contribution < -0.4 is 9.64 Å². The van der Waals surface area contributed by atoms with Crippen molar-refractivity contribution in [3.8, 4) is 17.1 Å². The summed E-state index contributed by atoms with van der Waals surface area (Å²) in [5, 5.41) is 8.90. The molecule has 0 bridgehead atoms. The molecule has 6 nitrogen and oxygen atoms in total. The zero-order valence-corrected chi connectivity index (χ0v) is 15.7. The Morgan fingerprint density at radius 3 is 2.75 bits per heavy atom. The number of benzene rings is 1. The molecule has 0 spiro atoms. The second-order valence-electron chi connectivity index (χ2n) is 6.93. The van der Waals surface area contributed by atoms with Crippen LogP contribution in [0.4, 0.5) is 14.5 Å². The van der Waals surface area contributed by atoms with Crippen LogP contribution >= 0.6 is 0 Å². The van der Waals surface area contributed by atoms with E-state index < -0.39 is 17.6 Å². The lowest BCUT2D eigenvalue weighted by molar-refractivity contribution is -0.137. The normalized spacial score (nSPS) is 16.4. The quantitative estimate of drug-likeness (QED) is 0.688. The fraction of sp³-hybridized carbons (Fsp3) is 0.450. The molecule has 1 unspecified atom stereocenters. The van der Waals surface area contributed by atoms with E-state index in [2.05, 4.69) is 9.97 Å². The molecular formula is C20H23F2N3O3. The van der Waals surface area contributed by atoms with Gasteiger partial charge in [-0.15, -0.1) is 0 Å². The Bertz CT molecular complexity index is 824. The molecule has 1 saturated heterocycles. The number of aliphatic carboxylic acids is 1. The SMILES string of the molecule is CCCCOc1cncc(-c2cc(F)c(N3CCC(CC(=O)O)C3)c(F)c2)n1. The van der Waals surface area contributed by atoms with Crippen molar-refractivity contribution in [1.82, 2.24) is 9.97 Å². The first-order valence-corrected chi connectivity index (χ1v) is 9.39. The number of aromatic nitrogens is 2. The third-order valence-corrected chi connectivity index (χ3v) is 4.74. The van der Waals surface area contributed by atoms with Crippen LogP contribution in [0.25, 0.3) is 11.3 Å². The van der Waals surface area contributed by atoms with Crippen molar-refractivity contribution < 1.29 is 23.4 Å².